The molecule has 0 aliphatic rings. The van der Waals surface area contributed by atoms with Crippen LogP contribution >= 0.6 is 7.82 Å². The average molecular weight is 314 g/mol. The third kappa shape index (κ3) is 8.37. The minimum Gasteiger partial charge on any atom is -0.303 e. The number of phosphoric ester groups is 1. The first kappa shape index (κ1) is 18.4. The lowest BCUT2D eigenvalue weighted by Gasteiger charge is -2.08. The first-order chi connectivity index (χ1) is 9.90. The first-order valence-corrected chi connectivity index (χ1v) is 9.18. The molecule has 1 aromatic carbocycles. The summed E-state index contributed by atoms with van der Waals surface area (Å²) in [6, 6.07) is 6.49. The zero-order valence-electron chi connectivity index (χ0n) is 13.0. The molecule has 0 atom stereocenters. The van der Waals surface area contributed by atoms with Crippen molar-refractivity contribution in [1.29, 1.82) is 0 Å². The smallest absolute Gasteiger partial charge is 0.303 e. The van der Waals surface area contributed by atoms with E-state index in [1.165, 1.54) is 36.0 Å². The van der Waals surface area contributed by atoms with Gasteiger partial charge in [0.15, 0.2) is 0 Å². The molecule has 0 heterocycles. The Hall–Kier alpha value is -0.670. The second kappa shape index (κ2) is 9.37. The first-order valence-electron chi connectivity index (χ1n) is 7.65. The van der Waals surface area contributed by atoms with E-state index in [9.17, 15) is 4.57 Å². The van der Waals surface area contributed by atoms with E-state index < -0.39 is 7.82 Å². The van der Waals surface area contributed by atoms with Crippen molar-refractivity contribution >= 4 is 7.82 Å². The van der Waals surface area contributed by atoms with Gasteiger partial charge in [0.05, 0.1) is 6.61 Å². The van der Waals surface area contributed by atoms with Crippen LogP contribution in [0.15, 0.2) is 18.2 Å². The maximum Gasteiger partial charge on any atom is 0.469 e. The highest BCUT2D eigenvalue weighted by molar-refractivity contribution is 7.46. The summed E-state index contributed by atoms with van der Waals surface area (Å²) in [4.78, 5) is 17.1. The summed E-state index contributed by atoms with van der Waals surface area (Å²) in [6.07, 6.45) is 7.47. The van der Waals surface area contributed by atoms with Crippen LogP contribution in [0.25, 0.3) is 0 Å². The molecule has 0 unspecified atom stereocenters. The molecule has 21 heavy (non-hydrogen) atoms. The molecule has 0 fully saturated rings. The minimum absolute atomic E-state index is 0.146. The van der Waals surface area contributed by atoms with Gasteiger partial charge in [0.2, 0.25) is 0 Å². The molecule has 0 aromatic heterocycles. The molecule has 0 saturated heterocycles. The average Bonchev–Trinajstić information content (AvgIpc) is 2.40. The summed E-state index contributed by atoms with van der Waals surface area (Å²) in [5, 5.41) is 0. The van der Waals surface area contributed by atoms with E-state index in [0.717, 1.165) is 19.3 Å². The molecule has 1 rings (SSSR count). The second-order valence-corrected chi connectivity index (χ2v) is 6.79. The number of phosphoric acid groups is 1. The van der Waals surface area contributed by atoms with Gasteiger partial charge in [-0.15, -0.1) is 0 Å². The fourth-order valence-electron chi connectivity index (χ4n) is 2.39. The summed E-state index contributed by atoms with van der Waals surface area (Å²) < 4.78 is 14.9. The molecule has 1 aromatic rings. The van der Waals surface area contributed by atoms with E-state index in [2.05, 4.69) is 36.6 Å². The van der Waals surface area contributed by atoms with E-state index in [4.69, 9.17) is 9.79 Å². The Morgan fingerprint density at radius 2 is 1.62 bits per heavy atom. The Labute approximate surface area is 127 Å². The number of aryl methyl sites for hydroxylation is 2. The fraction of sp³-hybridized carbons (Fsp3) is 0.625. The highest BCUT2D eigenvalue weighted by atomic mass is 31.2. The largest absolute Gasteiger partial charge is 0.469 e. The molecular weight excluding hydrogens is 287 g/mol. The number of hydrogen-bond donors (Lipinski definition) is 2. The summed E-state index contributed by atoms with van der Waals surface area (Å²) in [7, 11) is -4.27. The lowest BCUT2D eigenvalue weighted by atomic mass is 9.98. The normalized spacial score (nSPS) is 11.8. The van der Waals surface area contributed by atoms with Gasteiger partial charge in [0.1, 0.15) is 0 Å². The molecule has 120 valence electrons. The SMILES string of the molecule is Cc1cccc(CCCCCCCCOP(=O)(O)O)c1C. The van der Waals surface area contributed by atoms with Crippen molar-refractivity contribution < 1.29 is 18.9 Å². The van der Waals surface area contributed by atoms with Crippen molar-refractivity contribution in [3.8, 4) is 0 Å². The zero-order chi connectivity index (χ0) is 15.7. The number of rotatable bonds is 10. The summed E-state index contributed by atoms with van der Waals surface area (Å²) in [5.41, 5.74) is 4.22. The molecule has 0 aliphatic carbocycles. The van der Waals surface area contributed by atoms with E-state index in [-0.39, 0.29) is 6.61 Å². The molecule has 4 nitrogen and oxygen atoms in total. The van der Waals surface area contributed by atoms with Gasteiger partial charge in [-0.25, -0.2) is 4.57 Å². The van der Waals surface area contributed by atoms with Gasteiger partial charge in [-0.1, -0.05) is 43.9 Å². The Balaban J connectivity index is 2.02. The van der Waals surface area contributed by atoms with Crippen molar-refractivity contribution in [2.24, 2.45) is 0 Å². The molecule has 0 aliphatic heterocycles. The molecule has 2 N–H and O–H groups in total. The molecule has 0 saturated carbocycles. The van der Waals surface area contributed by atoms with Crippen LogP contribution in [0.3, 0.4) is 0 Å². The van der Waals surface area contributed by atoms with Crippen molar-refractivity contribution in [2.75, 3.05) is 6.61 Å². The van der Waals surface area contributed by atoms with Gasteiger partial charge in [0, 0.05) is 0 Å². The Kier molecular flexibility index (Phi) is 8.20. The topological polar surface area (TPSA) is 66.8 Å². The van der Waals surface area contributed by atoms with Gasteiger partial charge in [-0.3, -0.25) is 4.52 Å². The van der Waals surface area contributed by atoms with Gasteiger partial charge in [-0.05, 0) is 49.8 Å². The van der Waals surface area contributed by atoms with Crippen molar-refractivity contribution in [1.82, 2.24) is 0 Å². The standard InChI is InChI=1S/C16H27O4P/c1-14-10-9-12-16(15(14)2)11-7-5-3-4-6-8-13-20-21(17,18)19/h9-10,12H,3-8,11,13H2,1-2H3,(H2,17,18,19). The lowest BCUT2D eigenvalue weighted by molar-refractivity contribution is 0.193. The Morgan fingerprint density at radius 3 is 2.29 bits per heavy atom. The van der Waals surface area contributed by atoms with Crippen LogP contribution in [0, 0.1) is 13.8 Å². The van der Waals surface area contributed by atoms with Crippen LogP contribution in [0.4, 0.5) is 0 Å². The highest BCUT2D eigenvalue weighted by Gasteiger charge is 2.12. The van der Waals surface area contributed by atoms with E-state index in [1.807, 2.05) is 0 Å². The zero-order valence-corrected chi connectivity index (χ0v) is 13.9. The van der Waals surface area contributed by atoms with Crippen LogP contribution in [-0.4, -0.2) is 16.4 Å². The second-order valence-electron chi connectivity index (χ2n) is 5.55. The number of unbranched alkanes of at least 4 members (excludes halogenated alkanes) is 5. The molecule has 0 spiro atoms. The van der Waals surface area contributed by atoms with Crippen molar-refractivity contribution in [3.05, 3.63) is 34.9 Å². The maximum absolute atomic E-state index is 10.5. The lowest BCUT2D eigenvalue weighted by Crippen LogP contribution is -1.93. The molecule has 0 bridgehead atoms. The van der Waals surface area contributed by atoms with Crippen LogP contribution < -0.4 is 0 Å². The van der Waals surface area contributed by atoms with Gasteiger partial charge in [0.25, 0.3) is 0 Å². The van der Waals surface area contributed by atoms with E-state index in [1.54, 1.807) is 0 Å². The third-order valence-corrected chi connectivity index (χ3v) is 4.34. The van der Waals surface area contributed by atoms with E-state index >= 15 is 0 Å². The molecule has 0 radical (unpaired) electrons. The minimum atomic E-state index is -4.27. The van der Waals surface area contributed by atoms with Gasteiger partial charge in [-0.2, -0.15) is 0 Å². The number of hydrogen-bond acceptors (Lipinski definition) is 2. The quantitative estimate of drug-likeness (QED) is 0.499. The number of benzene rings is 1. The monoisotopic (exact) mass is 314 g/mol. The predicted octanol–water partition coefficient (Wildman–Crippen LogP) is 4.30. The predicted molar refractivity (Wildman–Crippen MR) is 85.3 cm³/mol. The van der Waals surface area contributed by atoms with Crippen LogP contribution in [-0.2, 0) is 15.5 Å². The fourth-order valence-corrected chi connectivity index (χ4v) is 2.76. The highest BCUT2D eigenvalue weighted by Crippen LogP contribution is 2.35. The Bertz CT molecular complexity index is 467. The van der Waals surface area contributed by atoms with Crippen LogP contribution in [0.1, 0.15) is 55.2 Å². The molecule has 0 amide bonds. The van der Waals surface area contributed by atoms with E-state index in [0.29, 0.717) is 6.42 Å². The Morgan fingerprint density at radius 1 is 1.00 bits per heavy atom. The third-order valence-electron chi connectivity index (χ3n) is 3.82. The van der Waals surface area contributed by atoms with Crippen LogP contribution in [0.5, 0.6) is 0 Å². The summed E-state index contributed by atoms with van der Waals surface area (Å²) in [6.45, 7) is 4.48. The van der Waals surface area contributed by atoms with Crippen LogP contribution in [0.2, 0.25) is 0 Å². The van der Waals surface area contributed by atoms with Crippen molar-refractivity contribution in [2.45, 2.75) is 58.8 Å². The molecular formula is C16H27O4P. The maximum atomic E-state index is 10.5. The van der Waals surface area contributed by atoms with Gasteiger partial charge >= 0.3 is 7.82 Å². The summed E-state index contributed by atoms with van der Waals surface area (Å²) >= 11 is 0. The van der Waals surface area contributed by atoms with Crippen molar-refractivity contribution in [3.63, 3.8) is 0 Å². The molecule has 5 heteroatoms. The van der Waals surface area contributed by atoms with Gasteiger partial charge < -0.3 is 9.79 Å². The summed E-state index contributed by atoms with van der Waals surface area (Å²) in [5.74, 6) is 0.